The van der Waals surface area contributed by atoms with Crippen molar-refractivity contribution in [3.63, 3.8) is 0 Å². The van der Waals surface area contributed by atoms with Gasteiger partial charge in [0.05, 0.1) is 0 Å². The Balaban J connectivity index is 0.0000000953. The van der Waals surface area contributed by atoms with E-state index in [0.29, 0.717) is 172 Å². The molecule has 18 bridgehead atoms. The van der Waals surface area contributed by atoms with Crippen LogP contribution in [0.25, 0.3) is 22.3 Å². The monoisotopic (exact) mass is 2200 g/mol. The van der Waals surface area contributed by atoms with Crippen LogP contribution in [0.15, 0.2) is 216 Å². The molecule has 24 aliphatic heterocycles. The van der Waals surface area contributed by atoms with E-state index in [1.165, 1.54) is 39.1 Å². The van der Waals surface area contributed by atoms with Crippen LogP contribution in [0.5, 0.6) is 0 Å². The van der Waals surface area contributed by atoms with Gasteiger partial charge in [0, 0.05) is 0 Å². The van der Waals surface area contributed by atoms with Crippen molar-refractivity contribution in [2.75, 3.05) is 79.3 Å². The van der Waals surface area contributed by atoms with Crippen molar-refractivity contribution in [2.24, 2.45) is 0 Å². The summed E-state index contributed by atoms with van der Waals surface area (Å²) in [6, 6.07) is 60.9. The summed E-state index contributed by atoms with van der Waals surface area (Å²) in [5.74, 6) is 8.79. The van der Waals surface area contributed by atoms with Crippen LogP contribution in [-0.2, 0) is 119 Å². The summed E-state index contributed by atoms with van der Waals surface area (Å²) in [4.78, 5) is 27.7. The molecule has 12 unspecified atom stereocenters. The molecule has 0 aromatic heterocycles. The Morgan fingerprint density at radius 1 is 0.264 bits per heavy atom. The summed E-state index contributed by atoms with van der Waals surface area (Å²) < 4.78 is 140. The van der Waals surface area contributed by atoms with Crippen LogP contribution in [0.2, 0.25) is 0 Å². The van der Waals surface area contributed by atoms with Crippen molar-refractivity contribution in [3.8, 4) is 22.3 Å². The number of ether oxygens (including phenoxy) is 12. The molecule has 0 aliphatic carbocycles. The van der Waals surface area contributed by atoms with E-state index in [-0.39, 0.29) is 72.5 Å². The molecule has 12 atom stereocenters. The van der Waals surface area contributed by atoms with Crippen LogP contribution in [-0.4, -0.2) is 163 Å². The molecule has 125 heavy (non-hydrogen) atoms. The molecular formula is C98H78Ir2N12O12Pt-6. The van der Waals surface area contributed by atoms with Crippen LogP contribution < -0.4 is 0 Å². The van der Waals surface area contributed by atoms with E-state index in [9.17, 15) is 5.48 Å². The van der Waals surface area contributed by atoms with Crippen molar-refractivity contribution in [2.45, 2.75) is 125 Å². The number of fused-ring (bicyclic) bond motifs is 24. The Morgan fingerprint density at radius 2 is 0.464 bits per heavy atom. The first-order valence-electron chi connectivity index (χ1n) is 45.7. The van der Waals surface area contributed by atoms with Gasteiger partial charge in [-0.15, -0.1) is 0 Å². The van der Waals surface area contributed by atoms with E-state index in [4.69, 9.17) is 59.6 Å². The van der Waals surface area contributed by atoms with Gasteiger partial charge in [0.15, 0.2) is 0 Å². The second-order valence-corrected chi connectivity index (χ2v) is 44.8. The summed E-state index contributed by atoms with van der Waals surface area (Å²) in [5.41, 5.74) is 16.4. The normalized spacial score (nSPS) is 29.6. The molecule has 24 heterocycles. The molecule has 27 heteroatoms. The number of benzene rings is 8. The van der Waals surface area contributed by atoms with Crippen LogP contribution in [0, 0.1) is 36.4 Å². The van der Waals surface area contributed by atoms with Gasteiger partial charge in [0.2, 0.25) is 0 Å². The Hall–Kier alpha value is -11.4. The van der Waals surface area contributed by atoms with E-state index in [2.05, 4.69) is 222 Å². The summed E-state index contributed by atoms with van der Waals surface area (Å²) in [6.45, 7) is 17.8. The Bertz CT molecular complexity index is 6480. The summed E-state index contributed by atoms with van der Waals surface area (Å²) >= 11 is -2.95. The van der Waals surface area contributed by atoms with Crippen molar-refractivity contribution >= 4 is 25.4 Å². The standard InChI is InChI=1S/C38H26N4O4.C34H34N4O4.C26H18N4O4.2Ir.Pt/c1-3-7-23(8-4-1)25-11-27-15-28(12-25)32-18-44-36-38-42(22-40(32)36)34(20-46-38)30-14-26(24-9-5-2-6-10-24)13-29(16-30)33-19-45-37-35-39(21-41(33)37)31(27)17-43-35;1-33(2,3)23-9-19-7-20(10-23)26-14-40-30-32-38(18-36(26)30)28(16-42-32)22-8-21(11-24(12-22)34(4,5)6)27-15-41-31-29-35(17-37(27)31)25(19)13-39-29;1-3-15-7-16(4-1)20-10-32-24-26-30(14-28(20)24)22(12-34-26)18-6-2-5-17(8-18)21-11-33-25-23-27(13-29(21)25)19(15)9-31-23;;;/h1-14,31-34H,17-20H2;9-12,25-28H,13-16H2,1-6H3;1-6,19-22H,9-12H2;;;/q3*-2;;;/i;9D,10D,11D,12D;1D,2D;;;. The zero-order valence-corrected chi connectivity index (χ0v) is 75.1. The minimum atomic E-state index is -1.21. The van der Waals surface area contributed by atoms with Gasteiger partial charge in [-0.1, -0.05) is 0 Å². The van der Waals surface area contributed by atoms with E-state index < -0.39 is 62.0 Å². The molecule has 0 radical (unpaired) electrons. The Kier molecular flexibility index (Phi) is 13.0. The third kappa shape index (κ3) is 9.51. The molecule has 8 aromatic rings. The molecule has 24 nitrogen and oxygen atoms in total. The number of hydrogen-bond donors (Lipinski definition) is 0. The quantitative estimate of drug-likeness (QED) is 0.151. The van der Waals surface area contributed by atoms with Gasteiger partial charge in [0.25, 0.3) is 0 Å². The van der Waals surface area contributed by atoms with Gasteiger partial charge in [-0.05, 0) is 0 Å². The first-order chi connectivity index (χ1) is 63.7. The first kappa shape index (κ1) is 65.2. The van der Waals surface area contributed by atoms with Gasteiger partial charge in [-0.3, -0.25) is 0 Å². The Morgan fingerprint density at radius 3 is 0.696 bits per heavy atom. The van der Waals surface area contributed by atoms with Gasteiger partial charge in [0.1, 0.15) is 0 Å². The fraction of sp³-hybridized carbons (Fsp3) is 0.327. The molecule has 0 spiro atoms. The topological polar surface area (TPSA) is 150 Å². The predicted molar refractivity (Wildman–Crippen MR) is 439 cm³/mol. The Labute approximate surface area is 751 Å². The second kappa shape index (κ2) is 24.8. The van der Waals surface area contributed by atoms with E-state index in [1.54, 1.807) is 0 Å². The average Bonchev–Trinajstić information content (AvgIpc) is 1.54. The SMILES string of the molecule is [2H]c1c2[c-]c(c([2H])c1C(C)(C)C)C1COC3=C4OCC5c6[c-]c(c([2H])c(C(C)(C)C)c6[2H])C6COC7=C8OCC2N8[C](=[Ir]=[C](N31)N45)N76.[2H]c1cc2[c-]c(c1)C1COC3=C4OCC5c6[c-]c(cc([2H])c6)C6COC7=C8OCC2N8[C](=[Ir]=[C](N31)N45)N76.[c-]1c2cc(-c3ccccc3)cc1C1COC3=C4OCC5c6[c-]c(cc(-c7ccccc7)c6)C6COC7=C8OCC2N8[C](=[Pt]=[C](N31)N45)N76. The van der Waals surface area contributed by atoms with E-state index in [1.807, 2.05) is 24.3 Å². The molecule has 32 rings (SSSR count). The molecule has 8 aromatic carbocycles. The number of nitrogens with zero attached hydrogens (tertiary/aromatic N) is 12. The molecule has 12 fully saturated rings. The zero-order chi connectivity index (χ0) is 87.2. The van der Waals surface area contributed by atoms with E-state index >= 15 is 0 Å². The molecule has 0 saturated carbocycles. The van der Waals surface area contributed by atoms with E-state index in [0.717, 1.165) is 100 Å². The fourth-order valence-corrected chi connectivity index (χ4v) is 33.4. The van der Waals surface area contributed by atoms with Gasteiger partial charge in [-0.2, -0.15) is 0 Å². The third-order valence-electron chi connectivity index (χ3n) is 27.5. The second-order valence-electron chi connectivity index (χ2n) is 36.7. The zero-order valence-electron chi connectivity index (χ0n) is 74.1. The van der Waals surface area contributed by atoms with Gasteiger partial charge >= 0.3 is 757 Å². The van der Waals surface area contributed by atoms with Crippen LogP contribution in [0.3, 0.4) is 0 Å². The minimum absolute atomic E-state index is 0.0173. The van der Waals surface area contributed by atoms with Crippen LogP contribution in [0.4, 0.5) is 0 Å². The number of rotatable bonds is 2. The summed E-state index contributed by atoms with van der Waals surface area (Å²) in [6.07, 6.45) is 0. The van der Waals surface area contributed by atoms with Gasteiger partial charge < -0.3 is 0 Å². The van der Waals surface area contributed by atoms with Crippen molar-refractivity contribution in [3.05, 3.63) is 330 Å². The van der Waals surface area contributed by atoms with Gasteiger partial charge in [-0.25, -0.2) is 0 Å². The maximum atomic E-state index is 9.50. The van der Waals surface area contributed by atoms with Crippen molar-refractivity contribution in [1.82, 2.24) is 58.8 Å². The van der Waals surface area contributed by atoms with Crippen molar-refractivity contribution < 1.29 is 116 Å². The molecule has 0 amide bonds. The molecule has 0 N–H and O–H groups in total. The molecule has 24 aliphatic rings. The van der Waals surface area contributed by atoms with Crippen LogP contribution in [0.1, 0.15) is 200 Å². The molecule has 12 saturated heterocycles. The molecular weight excluding hydrogens is 2120 g/mol. The summed E-state index contributed by atoms with van der Waals surface area (Å²) in [7, 11) is 0. The fourth-order valence-electron chi connectivity index (χ4n) is 21.4. The molecule has 636 valence electrons. The third-order valence-corrected chi connectivity index (χ3v) is 37.5. The number of hydrogen-bond acceptors (Lipinski definition) is 24. The summed E-state index contributed by atoms with van der Waals surface area (Å²) in [5, 5.41) is 0. The van der Waals surface area contributed by atoms with Crippen molar-refractivity contribution in [1.29, 1.82) is 0 Å². The average molecular weight is 2200 g/mol. The first-order valence-corrected chi connectivity index (χ1v) is 49.7. The van der Waals surface area contributed by atoms with Crippen LogP contribution >= 0.6 is 0 Å². The maximum absolute atomic E-state index is 9.50. The predicted octanol–water partition coefficient (Wildman–Crippen LogP) is 12.1.